The van der Waals surface area contributed by atoms with E-state index in [0.29, 0.717) is 13.0 Å². The molecule has 0 fully saturated rings. The molecule has 2 N–H and O–H groups in total. The van der Waals surface area contributed by atoms with Gasteiger partial charge in [0.1, 0.15) is 4.21 Å². The number of nitrogens with two attached hydrogens (primary N) is 1. The number of aryl methyl sites for hydroxylation is 1. The molecule has 6 heteroatoms. The second-order valence-electron chi connectivity index (χ2n) is 2.93. The van der Waals surface area contributed by atoms with Crippen LogP contribution in [0.1, 0.15) is 10.4 Å². The summed E-state index contributed by atoms with van der Waals surface area (Å²) in [5, 5.41) is 5.02. The van der Waals surface area contributed by atoms with Gasteiger partial charge < -0.3 is 4.74 Å². The molecule has 0 saturated carbocycles. The van der Waals surface area contributed by atoms with Gasteiger partial charge in [0.05, 0.1) is 6.61 Å². The molecule has 1 rings (SSSR count). The van der Waals surface area contributed by atoms with Gasteiger partial charge in [-0.3, -0.25) is 0 Å². The molecule has 0 aliphatic rings. The quantitative estimate of drug-likeness (QED) is 0.842. The molecule has 0 bridgehead atoms. The Bertz CT molecular complexity index is 408. The van der Waals surface area contributed by atoms with Crippen molar-refractivity contribution in [2.75, 3.05) is 13.7 Å². The summed E-state index contributed by atoms with van der Waals surface area (Å²) in [6.07, 6.45) is 0.717. The highest BCUT2D eigenvalue weighted by Gasteiger charge is 2.13. The third kappa shape index (κ3) is 2.78. The van der Waals surface area contributed by atoms with Crippen molar-refractivity contribution in [3.8, 4) is 0 Å². The third-order valence-corrected chi connectivity index (χ3v) is 4.37. The Hall–Kier alpha value is -0.430. The van der Waals surface area contributed by atoms with E-state index in [9.17, 15) is 8.42 Å². The molecule has 0 radical (unpaired) electrons. The van der Waals surface area contributed by atoms with E-state index in [0.717, 1.165) is 10.4 Å². The fourth-order valence-electron chi connectivity index (χ4n) is 1.09. The second-order valence-corrected chi connectivity index (χ2v) is 5.98. The zero-order chi connectivity index (χ0) is 10.8. The van der Waals surface area contributed by atoms with Crippen LogP contribution in [0.4, 0.5) is 0 Å². The van der Waals surface area contributed by atoms with Gasteiger partial charge in [0.25, 0.3) is 0 Å². The van der Waals surface area contributed by atoms with E-state index < -0.39 is 10.0 Å². The van der Waals surface area contributed by atoms with Crippen LogP contribution in [0, 0.1) is 6.92 Å². The van der Waals surface area contributed by atoms with Gasteiger partial charge in [0.15, 0.2) is 0 Å². The van der Waals surface area contributed by atoms with Crippen molar-refractivity contribution in [2.24, 2.45) is 5.14 Å². The van der Waals surface area contributed by atoms with E-state index in [2.05, 4.69) is 0 Å². The van der Waals surface area contributed by atoms with E-state index >= 15 is 0 Å². The van der Waals surface area contributed by atoms with E-state index in [-0.39, 0.29) is 4.21 Å². The molecule has 80 valence electrons. The first-order valence-electron chi connectivity index (χ1n) is 4.06. The van der Waals surface area contributed by atoms with E-state index in [4.69, 9.17) is 9.88 Å². The molecule has 0 spiro atoms. The molecule has 1 aromatic rings. The smallest absolute Gasteiger partial charge is 0.247 e. The number of rotatable bonds is 4. The first-order valence-corrected chi connectivity index (χ1v) is 6.42. The highest BCUT2D eigenvalue weighted by molar-refractivity contribution is 7.91. The van der Waals surface area contributed by atoms with Crippen LogP contribution in [0.5, 0.6) is 0 Å². The maximum absolute atomic E-state index is 11.0. The lowest BCUT2D eigenvalue weighted by Crippen LogP contribution is -2.10. The summed E-state index contributed by atoms with van der Waals surface area (Å²) in [5.41, 5.74) is 0.987. The van der Waals surface area contributed by atoms with Crippen molar-refractivity contribution in [1.82, 2.24) is 0 Å². The predicted molar refractivity (Wildman–Crippen MR) is 56.0 cm³/mol. The van der Waals surface area contributed by atoms with Gasteiger partial charge >= 0.3 is 0 Å². The van der Waals surface area contributed by atoms with Crippen LogP contribution < -0.4 is 5.14 Å². The fraction of sp³-hybridized carbons (Fsp3) is 0.500. The summed E-state index contributed by atoms with van der Waals surface area (Å²) >= 11 is 1.20. The molecule has 1 aromatic heterocycles. The van der Waals surface area contributed by atoms with Gasteiger partial charge in [-0.2, -0.15) is 0 Å². The van der Waals surface area contributed by atoms with Crippen LogP contribution in [0.15, 0.2) is 10.3 Å². The van der Waals surface area contributed by atoms with Gasteiger partial charge in [0.2, 0.25) is 10.0 Å². The molecule has 0 aromatic carbocycles. The van der Waals surface area contributed by atoms with Crippen molar-refractivity contribution < 1.29 is 13.2 Å². The van der Waals surface area contributed by atoms with Gasteiger partial charge in [-0.05, 0) is 25.0 Å². The SMILES string of the molecule is COCCc1cc(S(N)(=O)=O)sc1C. The minimum absolute atomic E-state index is 0.223. The topological polar surface area (TPSA) is 69.4 Å². The van der Waals surface area contributed by atoms with Crippen molar-refractivity contribution in [2.45, 2.75) is 17.6 Å². The van der Waals surface area contributed by atoms with Gasteiger partial charge in [-0.1, -0.05) is 0 Å². The highest BCUT2D eigenvalue weighted by atomic mass is 32.2. The number of ether oxygens (including phenoxy) is 1. The minimum atomic E-state index is -3.55. The molecular weight excluding hydrogens is 222 g/mol. The zero-order valence-corrected chi connectivity index (χ0v) is 9.74. The number of hydrogen-bond acceptors (Lipinski definition) is 4. The molecule has 0 atom stereocenters. The Morgan fingerprint density at radius 1 is 1.57 bits per heavy atom. The number of hydrogen-bond donors (Lipinski definition) is 1. The average molecular weight is 235 g/mol. The molecule has 0 saturated heterocycles. The van der Waals surface area contributed by atoms with E-state index in [1.165, 1.54) is 11.3 Å². The summed E-state index contributed by atoms with van der Waals surface area (Å²) < 4.78 is 27.2. The van der Waals surface area contributed by atoms with Crippen molar-refractivity contribution in [3.63, 3.8) is 0 Å². The van der Waals surface area contributed by atoms with Crippen LogP contribution in [0.3, 0.4) is 0 Å². The molecule has 1 heterocycles. The van der Waals surface area contributed by atoms with E-state index in [1.807, 2.05) is 6.92 Å². The standard InChI is InChI=1S/C8H13NO3S2/c1-6-7(3-4-12-2)5-8(13-6)14(9,10)11/h5H,3-4H2,1-2H3,(H2,9,10,11). The lowest BCUT2D eigenvalue weighted by Gasteiger charge is -1.96. The Morgan fingerprint density at radius 2 is 2.21 bits per heavy atom. The van der Waals surface area contributed by atoms with Crippen LogP contribution in [0.25, 0.3) is 0 Å². The fourth-order valence-corrected chi connectivity index (χ4v) is 3.03. The largest absolute Gasteiger partial charge is 0.384 e. The molecule has 0 amide bonds. The molecular formula is C8H13NO3S2. The van der Waals surface area contributed by atoms with Crippen LogP contribution in [-0.4, -0.2) is 22.1 Å². The Morgan fingerprint density at radius 3 is 2.64 bits per heavy atom. The highest BCUT2D eigenvalue weighted by Crippen LogP contribution is 2.24. The summed E-state index contributed by atoms with van der Waals surface area (Å²) in [4.78, 5) is 0.978. The lowest BCUT2D eigenvalue weighted by molar-refractivity contribution is 0.202. The lowest BCUT2D eigenvalue weighted by atomic mass is 10.2. The van der Waals surface area contributed by atoms with Gasteiger partial charge in [0, 0.05) is 12.0 Å². The third-order valence-electron chi connectivity index (χ3n) is 1.85. The molecule has 0 aliphatic carbocycles. The first kappa shape index (κ1) is 11.6. The van der Waals surface area contributed by atoms with Crippen molar-refractivity contribution >= 4 is 21.4 Å². The van der Waals surface area contributed by atoms with Crippen LogP contribution in [0.2, 0.25) is 0 Å². The first-order chi connectivity index (χ1) is 6.45. The molecule has 0 aliphatic heterocycles. The van der Waals surface area contributed by atoms with Crippen LogP contribution in [-0.2, 0) is 21.2 Å². The normalized spacial score (nSPS) is 11.9. The maximum atomic E-state index is 11.0. The Kier molecular flexibility index (Phi) is 3.65. The number of primary sulfonamides is 1. The summed E-state index contributed by atoms with van der Waals surface area (Å²) in [5.74, 6) is 0. The molecule has 0 unspecified atom stereocenters. The zero-order valence-electron chi connectivity index (χ0n) is 8.11. The second kappa shape index (κ2) is 4.39. The Labute approximate surface area is 87.7 Å². The average Bonchev–Trinajstić information content (AvgIpc) is 2.43. The summed E-state index contributed by atoms with van der Waals surface area (Å²) in [6, 6.07) is 1.62. The predicted octanol–water partition coefficient (Wildman–Crippen LogP) is 0.893. The van der Waals surface area contributed by atoms with Crippen molar-refractivity contribution in [3.05, 3.63) is 16.5 Å². The summed E-state index contributed by atoms with van der Waals surface area (Å²) in [6.45, 7) is 2.46. The van der Waals surface area contributed by atoms with Gasteiger partial charge in [-0.25, -0.2) is 13.6 Å². The molecule has 4 nitrogen and oxygen atoms in total. The monoisotopic (exact) mass is 235 g/mol. The van der Waals surface area contributed by atoms with E-state index in [1.54, 1.807) is 13.2 Å². The van der Waals surface area contributed by atoms with Gasteiger partial charge in [-0.15, -0.1) is 11.3 Å². The number of sulfonamides is 1. The Balaban J connectivity index is 2.94. The van der Waals surface area contributed by atoms with Crippen molar-refractivity contribution in [1.29, 1.82) is 0 Å². The minimum Gasteiger partial charge on any atom is -0.384 e. The molecule has 14 heavy (non-hydrogen) atoms. The van der Waals surface area contributed by atoms with Crippen LogP contribution >= 0.6 is 11.3 Å². The number of methoxy groups -OCH3 is 1. The summed E-state index contributed by atoms with van der Waals surface area (Å²) in [7, 11) is -1.94. The maximum Gasteiger partial charge on any atom is 0.247 e. The number of thiophene rings is 1.